The molecule has 0 radical (unpaired) electrons. The predicted molar refractivity (Wildman–Crippen MR) is 64.8 cm³/mol. The average molecular weight is 292 g/mol. The number of halogens is 2. The van der Waals surface area contributed by atoms with E-state index in [0.717, 1.165) is 10.4 Å². The Balaban J connectivity index is 2.37. The number of nitrogens with two attached hydrogens (primary N) is 1. The lowest BCUT2D eigenvalue weighted by atomic mass is 9.94. The van der Waals surface area contributed by atoms with Gasteiger partial charge in [0.2, 0.25) is 10.0 Å². The predicted octanol–water partition coefficient (Wildman–Crippen LogP) is 0.692. The van der Waals surface area contributed by atoms with Crippen molar-refractivity contribution in [3.05, 3.63) is 23.8 Å². The maximum Gasteiger partial charge on any atom is 0.246 e. The summed E-state index contributed by atoms with van der Waals surface area (Å²) in [7, 11) is -4.18. The highest BCUT2D eigenvalue weighted by Crippen LogP contribution is 2.32. The number of aliphatic hydroxyl groups is 1. The summed E-state index contributed by atoms with van der Waals surface area (Å²) >= 11 is 0. The Bertz CT molecular complexity index is 613. The second-order valence-electron chi connectivity index (χ2n) is 4.67. The fraction of sp³-hybridized carbons (Fsp3) is 0.455. The molecule has 1 aliphatic rings. The van der Waals surface area contributed by atoms with E-state index in [1.165, 1.54) is 0 Å². The zero-order valence-electron chi connectivity index (χ0n) is 10.2. The second kappa shape index (κ2) is 4.39. The van der Waals surface area contributed by atoms with Gasteiger partial charge in [-0.3, -0.25) is 0 Å². The van der Waals surface area contributed by atoms with Gasteiger partial charge in [-0.25, -0.2) is 17.2 Å². The SMILES string of the molecule is CCC1(O)CN(S(=O)(=O)c2cc(N)cc(F)c2F)C1. The van der Waals surface area contributed by atoms with Crippen LogP contribution in [0.15, 0.2) is 17.0 Å². The summed E-state index contributed by atoms with van der Waals surface area (Å²) in [5, 5.41) is 9.78. The molecule has 1 heterocycles. The topological polar surface area (TPSA) is 83.6 Å². The van der Waals surface area contributed by atoms with Crippen molar-refractivity contribution in [1.29, 1.82) is 0 Å². The van der Waals surface area contributed by atoms with Crippen LogP contribution in [0.25, 0.3) is 0 Å². The summed E-state index contributed by atoms with van der Waals surface area (Å²) in [6.45, 7) is 1.44. The van der Waals surface area contributed by atoms with Crippen LogP contribution in [0.1, 0.15) is 13.3 Å². The summed E-state index contributed by atoms with van der Waals surface area (Å²) in [4.78, 5) is -0.803. The third-order valence-electron chi connectivity index (χ3n) is 3.23. The number of hydrogen-bond donors (Lipinski definition) is 2. The average Bonchev–Trinajstić information content (AvgIpc) is 2.29. The molecule has 2 rings (SSSR count). The minimum Gasteiger partial charge on any atom is -0.399 e. The van der Waals surface area contributed by atoms with Crippen LogP contribution >= 0.6 is 0 Å². The number of benzene rings is 1. The molecule has 0 bridgehead atoms. The smallest absolute Gasteiger partial charge is 0.246 e. The van der Waals surface area contributed by atoms with Crippen LogP contribution in [0.2, 0.25) is 0 Å². The van der Waals surface area contributed by atoms with E-state index in [-0.39, 0.29) is 18.8 Å². The minimum absolute atomic E-state index is 0.137. The molecule has 1 saturated heterocycles. The van der Waals surface area contributed by atoms with E-state index >= 15 is 0 Å². The highest BCUT2D eigenvalue weighted by Gasteiger charge is 2.46. The zero-order chi connectivity index (χ0) is 14.4. The van der Waals surface area contributed by atoms with Crippen molar-refractivity contribution < 1.29 is 22.3 Å². The molecule has 1 aliphatic heterocycles. The van der Waals surface area contributed by atoms with Crippen molar-refractivity contribution in [2.45, 2.75) is 23.8 Å². The Hall–Kier alpha value is -1.25. The Morgan fingerprint density at radius 2 is 2.00 bits per heavy atom. The molecule has 0 spiro atoms. The van der Waals surface area contributed by atoms with Crippen molar-refractivity contribution in [2.75, 3.05) is 18.8 Å². The van der Waals surface area contributed by atoms with Gasteiger partial charge < -0.3 is 10.8 Å². The quantitative estimate of drug-likeness (QED) is 0.803. The van der Waals surface area contributed by atoms with Gasteiger partial charge in [-0.05, 0) is 18.6 Å². The van der Waals surface area contributed by atoms with E-state index in [1.54, 1.807) is 6.92 Å². The van der Waals surface area contributed by atoms with Crippen LogP contribution < -0.4 is 5.73 Å². The Morgan fingerprint density at radius 1 is 1.42 bits per heavy atom. The van der Waals surface area contributed by atoms with Gasteiger partial charge in [0.05, 0.1) is 5.60 Å². The summed E-state index contributed by atoms with van der Waals surface area (Å²) in [6, 6.07) is 1.59. The first-order chi connectivity index (χ1) is 8.69. The fourth-order valence-electron chi connectivity index (χ4n) is 1.91. The van der Waals surface area contributed by atoms with E-state index in [2.05, 4.69) is 0 Å². The van der Waals surface area contributed by atoms with Gasteiger partial charge in [0, 0.05) is 18.8 Å². The van der Waals surface area contributed by atoms with Crippen molar-refractivity contribution in [3.8, 4) is 0 Å². The molecule has 0 atom stereocenters. The first-order valence-electron chi connectivity index (χ1n) is 5.67. The van der Waals surface area contributed by atoms with E-state index in [0.29, 0.717) is 12.5 Å². The van der Waals surface area contributed by atoms with Crippen LogP contribution in [-0.4, -0.2) is 36.5 Å². The van der Waals surface area contributed by atoms with E-state index in [4.69, 9.17) is 5.73 Å². The minimum atomic E-state index is -4.18. The molecule has 1 aromatic carbocycles. The van der Waals surface area contributed by atoms with Crippen molar-refractivity contribution >= 4 is 15.7 Å². The highest BCUT2D eigenvalue weighted by molar-refractivity contribution is 7.89. The molecule has 0 aromatic heterocycles. The maximum absolute atomic E-state index is 13.6. The molecule has 0 saturated carbocycles. The third kappa shape index (κ3) is 2.31. The molecule has 0 aliphatic carbocycles. The van der Waals surface area contributed by atoms with Gasteiger partial charge in [0.25, 0.3) is 0 Å². The summed E-state index contributed by atoms with van der Waals surface area (Å²) in [6.07, 6.45) is 0.382. The number of sulfonamides is 1. The van der Waals surface area contributed by atoms with Crippen molar-refractivity contribution in [2.24, 2.45) is 0 Å². The number of β-amino-alcohol motifs (C(OH)–C–C–N with tert-alkyl or cyclic N) is 1. The molecule has 8 heteroatoms. The number of anilines is 1. The molecular formula is C11H14F2N2O3S. The van der Waals surface area contributed by atoms with Crippen LogP contribution in [0.3, 0.4) is 0 Å². The number of nitrogen functional groups attached to an aromatic ring is 1. The Labute approximate surface area is 109 Å². The van der Waals surface area contributed by atoms with Crippen molar-refractivity contribution in [3.63, 3.8) is 0 Å². The molecule has 3 N–H and O–H groups in total. The van der Waals surface area contributed by atoms with Crippen molar-refractivity contribution in [1.82, 2.24) is 4.31 Å². The van der Waals surface area contributed by atoms with Crippen LogP contribution in [-0.2, 0) is 10.0 Å². The highest BCUT2D eigenvalue weighted by atomic mass is 32.2. The molecular weight excluding hydrogens is 278 g/mol. The molecule has 0 amide bonds. The van der Waals surface area contributed by atoms with E-state index < -0.39 is 32.2 Å². The van der Waals surface area contributed by atoms with Crippen LogP contribution in [0.5, 0.6) is 0 Å². The van der Waals surface area contributed by atoms with Gasteiger partial charge >= 0.3 is 0 Å². The molecule has 1 aromatic rings. The second-order valence-corrected chi connectivity index (χ2v) is 6.57. The fourth-order valence-corrected chi connectivity index (χ4v) is 3.62. The number of nitrogens with zero attached hydrogens (tertiary/aromatic N) is 1. The lowest BCUT2D eigenvalue weighted by Crippen LogP contribution is -2.62. The molecule has 0 unspecified atom stereocenters. The van der Waals surface area contributed by atoms with Gasteiger partial charge in [0.15, 0.2) is 11.6 Å². The number of rotatable bonds is 3. The van der Waals surface area contributed by atoms with E-state index in [1.807, 2.05) is 0 Å². The summed E-state index contributed by atoms with van der Waals surface area (Å²) in [5.74, 6) is -2.77. The van der Waals surface area contributed by atoms with Gasteiger partial charge in [-0.2, -0.15) is 4.31 Å². The molecule has 1 fully saturated rings. The first kappa shape index (κ1) is 14.2. The molecule has 19 heavy (non-hydrogen) atoms. The summed E-state index contributed by atoms with van der Waals surface area (Å²) in [5.41, 5.74) is 4.05. The molecule has 106 valence electrons. The Kier molecular flexibility index (Phi) is 3.28. The van der Waals surface area contributed by atoms with Gasteiger partial charge in [-0.15, -0.1) is 0 Å². The van der Waals surface area contributed by atoms with Gasteiger partial charge in [-0.1, -0.05) is 6.92 Å². The van der Waals surface area contributed by atoms with E-state index in [9.17, 15) is 22.3 Å². The normalized spacial score (nSPS) is 19.2. The van der Waals surface area contributed by atoms with Crippen LogP contribution in [0.4, 0.5) is 14.5 Å². The van der Waals surface area contributed by atoms with Crippen LogP contribution in [0, 0.1) is 11.6 Å². The Morgan fingerprint density at radius 3 is 2.53 bits per heavy atom. The standard InChI is InChI=1S/C11H14F2N2O3S/c1-2-11(16)5-15(6-11)19(17,18)9-4-7(14)3-8(12)10(9)13/h3-4,16H,2,5-6,14H2,1H3. The largest absolute Gasteiger partial charge is 0.399 e. The third-order valence-corrected chi connectivity index (χ3v) is 5.03. The zero-order valence-corrected chi connectivity index (χ0v) is 11.0. The number of hydrogen-bond acceptors (Lipinski definition) is 4. The van der Waals surface area contributed by atoms with Gasteiger partial charge in [0.1, 0.15) is 4.90 Å². The lowest BCUT2D eigenvalue weighted by molar-refractivity contribution is -0.0614. The summed E-state index contributed by atoms with van der Waals surface area (Å²) < 4.78 is 51.8. The molecule has 5 nitrogen and oxygen atoms in total. The maximum atomic E-state index is 13.6. The lowest BCUT2D eigenvalue weighted by Gasteiger charge is -2.44. The monoisotopic (exact) mass is 292 g/mol. The first-order valence-corrected chi connectivity index (χ1v) is 7.11.